The highest BCUT2D eigenvalue weighted by Crippen LogP contribution is 2.22. The number of hydrogen-bond donors (Lipinski definition) is 3. The molecular formula is C22H23ClN4O4S. The largest absolute Gasteiger partial charge is 0.496 e. The minimum absolute atomic E-state index is 0.124. The van der Waals surface area contributed by atoms with Crippen LogP contribution < -0.4 is 21.1 Å². The molecule has 0 fully saturated rings. The summed E-state index contributed by atoms with van der Waals surface area (Å²) in [7, 11) is 1.44. The van der Waals surface area contributed by atoms with Crippen LogP contribution in [0.2, 0.25) is 5.02 Å². The summed E-state index contributed by atoms with van der Waals surface area (Å²) < 4.78 is 7.05. The Morgan fingerprint density at radius 2 is 1.91 bits per heavy atom. The average molecular weight is 475 g/mol. The average Bonchev–Trinajstić information content (AvgIpc) is 2.79. The van der Waals surface area contributed by atoms with Crippen molar-refractivity contribution in [2.24, 2.45) is 0 Å². The second-order valence-electron chi connectivity index (χ2n) is 7.09. The number of H-pyrrole nitrogens is 1. The predicted molar refractivity (Wildman–Crippen MR) is 125 cm³/mol. The fourth-order valence-electron chi connectivity index (χ4n) is 3.25. The SMILES string of the molecule is COc1ccc(Cl)cc1C(=O)NNC(=O)CCCCCn1c(=S)[nH]c2ccccc2c1=O. The highest BCUT2D eigenvalue weighted by atomic mass is 35.5. The summed E-state index contributed by atoms with van der Waals surface area (Å²) in [6.07, 6.45) is 2.24. The monoisotopic (exact) mass is 474 g/mol. The quantitative estimate of drug-likeness (QED) is 0.262. The number of fused-ring (bicyclic) bond motifs is 1. The van der Waals surface area contributed by atoms with Gasteiger partial charge in [-0.25, -0.2) is 0 Å². The molecule has 0 atom stereocenters. The van der Waals surface area contributed by atoms with Crippen LogP contribution in [0.15, 0.2) is 47.3 Å². The summed E-state index contributed by atoms with van der Waals surface area (Å²) in [5, 5.41) is 0.972. The molecule has 0 saturated carbocycles. The number of aromatic nitrogens is 2. The van der Waals surface area contributed by atoms with Crippen molar-refractivity contribution in [2.45, 2.75) is 32.2 Å². The molecule has 32 heavy (non-hydrogen) atoms. The van der Waals surface area contributed by atoms with Gasteiger partial charge in [0.1, 0.15) is 5.75 Å². The van der Waals surface area contributed by atoms with Gasteiger partial charge in [0.25, 0.3) is 11.5 Å². The summed E-state index contributed by atoms with van der Waals surface area (Å²) in [6.45, 7) is 0.464. The summed E-state index contributed by atoms with van der Waals surface area (Å²) >= 11 is 11.2. The van der Waals surface area contributed by atoms with Crippen LogP contribution in [-0.4, -0.2) is 28.5 Å². The third kappa shape index (κ3) is 5.74. The van der Waals surface area contributed by atoms with Crippen molar-refractivity contribution in [1.29, 1.82) is 0 Å². The molecule has 0 bridgehead atoms. The number of methoxy groups -OCH3 is 1. The Hall–Kier alpha value is -3.17. The van der Waals surface area contributed by atoms with Gasteiger partial charge < -0.3 is 9.72 Å². The molecule has 8 nitrogen and oxygen atoms in total. The van der Waals surface area contributed by atoms with Crippen molar-refractivity contribution in [3.8, 4) is 5.75 Å². The predicted octanol–water partition coefficient (Wildman–Crippen LogP) is 3.74. The van der Waals surface area contributed by atoms with E-state index in [2.05, 4.69) is 15.8 Å². The lowest BCUT2D eigenvalue weighted by Gasteiger charge is -2.11. The number of carbonyl (C=O) groups excluding carboxylic acids is 2. The fourth-order valence-corrected chi connectivity index (χ4v) is 3.70. The van der Waals surface area contributed by atoms with E-state index in [1.807, 2.05) is 18.2 Å². The molecule has 0 aliphatic heterocycles. The van der Waals surface area contributed by atoms with Crippen LogP contribution in [0.4, 0.5) is 0 Å². The Balaban J connectivity index is 1.44. The van der Waals surface area contributed by atoms with E-state index in [0.29, 0.717) is 45.8 Å². The van der Waals surface area contributed by atoms with E-state index < -0.39 is 5.91 Å². The van der Waals surface area contributed by atoms with Gasteiger partial charge in [0, 0.05) is 18.0 Å². The summed E-state index contributed by atoms with van der Waals surface area (Å²) in [5.41, 5.74) is 5.56. The first-order valence-corrected chi connectivity index (χ1v) is 10.8. The molecule has 0 aliphatic rings. The van der Waals surface area contributed by atoms with Gasteiger partial charge in [-0.05, 0) is 55.4 Å². The van der Waals surface area contributed by atoms with E-state index in [1.54, 1.807) is 18.2 Å². The third-order valence-electron chi connectivity index (χ3n) is 4.90. The van der Waals surface area contributed by atoms with Crippen molar-refractivity contribution in [3.63, 3.8) is 0 Å². The minimum Gasteiger partial charge on any atom is -0.496 e. The first kappa shape index (κ1) is 23.5. The van der Waals surface area contributed by atoms with Crippen LogP contribution >= 0.6 is 23.8 Å². The number of unbranched alkanes of at least 4 members (excludes halogenated alkanes) is 2. The highest BCUT2D eigenvalue weighted by molar-refractivity contribution is 7.71. The first-order valence-electron chi connectivity index (χ1n) is 10.1. The molecule has 3 rings (SSSR count). The second kappa shape index (κ2) is 10.9. The number of ether oxygens (including phenoxy) is 1. The molecule has 1 aromatic heterocycles. The molecule has 10 heteroatoms. The third-order valence-corrected chi connectivity index (χ3v) is 5.45. The first-order chi connectivity index (χ1) is 15.4. The van der Waals surface area contributed by atoms with Gasteiger partial charge in [0.15, 0.2) is 4.77 Å². The number of para-hydroxylation sites is 1. The number of rotatable bonds is 8. The molecule has 2 aromatic carbocycles. The number of benzene rings is 2. The molecule has 3 aromatic rings. The highest BCUT2D eigenvalue weighted by Gasteiger charge is 2.13. The normalized spacial score (nSPS) is 10.7. The zero-order valence-corrected chi connectivity index (χ0v) is 19.0. The zero-order chi connectivity index (χ0) is 23.1. The Morgan fingerprint density at radius 3 is 2.69 bits per heavy atom. The van der Waals surface area contributed by atoms with Gasteiger partial charge in [-0.15, -0.1) is 0 Å². The molecule has 3 N–H and O–H groups in total. The topological polar surface area (TPSA) is 105 Å². The van der Waals surface area contributed by atoms with E-state index in [4.69, 9.17) is 28.6 Å². The van der Waals surface area contributed by atoms with Crippen LogP contribution in [-0.2, 0) is 11.3 Å². The Labute approximate surface area is 194 Å². The lowest BCUT2D eigenvalue weighted by Crippen LogP contribution is -2.41. The van der Waals surface area contributed by atoms with Crippen LogP contribution in [0.5, 0.6) is 5.75 Å². The van der Waals surface area contributed by atoms with Gasteiger partial charge in [0.2, 0.25) is 5.91 Å². The van der Waals surface area contributed by atoms with Crippen molar-refractivity contribution in [1.82, 2.24) is 20.4 Å². The molecule has 0 spiro atoms. The summed E-state index contributed by atoms with van der Waals surface area (Å²) in [4.78, 5) is 40.0. The number of halogens is 1. The Kier molecular flexibility index (Phi) is 8.02. The van der Waals surface area contributed by atoms with Crippen LogP contribution in [0.1, 0.15) is 36.0 Å². The molecule has 0 radical (unpaired) electrons. The van der Waals surface area contributed by atoms with Crippen molar-refractivity contribution in [2.75, 3.05) is 7.11 Å². The standard InChI is InChI=1S/C22H23ClN4O4S/c1-31-18-11-10-14(23)13-16(18)20(29)26-25-19(28)9-3-2-6-12-27-21(30)15-7-4-5-8-17(15)24-22(27)32/h4-5,7-8,10-11,13H,2-3,6,9,12H2,1H3,(H,24,32)(H,25,28)(H,26,29). The van der Waals surface area contributed by atoms with Gasteiger partial charge in [0.05, 0.1) is 23.6 Å². The van der Waals surface area contributed by atoms with Gasteiger partial charge in [-0.1, -0.05) is 30.2 Å². The lowest BCUT2D eigenvalue weighted by atomic mass is 10.2. The number of amides is 2. The Bertz CT molecular complexity index is 1250. The zero-order valence-electron chi connectivity index (χ0n) is 17.4. The maximum atomic E-state index is 12.6. The van der Waals surface area contributed by atoms with E-state index in [-0.39, 0.29) is 23.5 Å². The molecular weight excluding hydrogens is 452 g/mol. The van der Waals surface area contributed by atoms with E-state index in [0.717, 1.165) is 6.42 Å². The number of carbonyl (C=O) groups is 2. The van der Waals surface area contributed by atoms with Crippen molar-refractivity contribution in [3.05, 3.63) is 68.2 Å². The van der Waals surface area contributed by atoms with E-state index in [9.17, 15) is 14.4 Å². The maximum absolute atomic E-state index is 12.6. The second-order valence-corrected chi connectivity index (χ2v) is 7.91. The summed E-state index contributed by atoms with van der Waals surface area (Å²) in [5.74, 6) is -0.495. The number of nitrogens with zero attached hydrogens (tertiary/aromatic N) is 1. The van der Waals surface area contributed by atoms with Gasteiger partial charge >= 0.3 is 0 Å². The van der Waals surface area contributed by atoms with Crippen LogP contribution in [0, 0.1) is 4.77 Å². The fraction of sp³-hybridized carbons (Fsp3) is 0.273. The summed E-state index contributed by atoms with van der Waals surface area (Å²) in [6, 6.07) is 11.9. The maximum Gasteiger partial charge on any atom is 0.273 e. The van der Waals surface area contributed by atoms with Crippen LogP contribution in [0.25, 0.3) is 10.9 Å². The number of nitrogens with one attached hydrogen (secondary N) is 3. The Morgan fingerprint density at radius 1 is 1.12 bits per heavy atom. The van der Waals surface area contributed by atoms with Crippen molar-refractivity contribution < 1.29 is 14.3 Å². The van der Waals surface area contributed by atoms with Crippen LogP contribution in [0.3, 0.4) is 0 Å². The van der Waals surface area contributed by atoms with E-state index >= 15 is 0 Å². The number of hydrogen-bond acceptors (Lipinski definition) is 5. The lowest BCUT2D eigenvalue weighted by molar-refractivity contribution is -0.122. The van der Waals surface area contributed by atoms with E-state index in [1.165, 1.54) is 17.7 Å². The number of hydrazine groups is 1. The number of aromatic amines is 1. The molecule has 0 aliphatic carbocycles. The van der Waals surface area contributed by atoms with Gasteiger partial charge in [-0.3, -0.25) is 29.8 Å². The van der Waals surface area contributed by atoms with Gasteiger partial charge in [-0.2, -0.15) is 0 Å². The molecule has 1 heterocycles. The minimum atomic E-state index is -0.525. The molecule has 0 saturated heterocycles. The molecule has 168 valence electrons. The smallest absolute Gasteiger partial charge is 0.273 e. The molecule has 0 unspecified atom stereocenters. The van der Waals surface area contributed by atoms with Crippen molar-refractivity contribution >= 4 is 46.5 Å². The molecule has 2 amide bonds.